The number of carbonyl (C=O) groups excluding carboxylic acids is 1. The number of pyridine rings is 1. The highest BCUT2D eigenvalue weighted by Gasteiger charge is 2.25. The molecule has 8 heteroatoms. The fraction of sp³-hybridized carbons (Fsp3) is 0.538. The van der Waals surface area contributed by atoms with Crippen molar-refractivity contribution in [3.8, 4) is 0 Å². The molecule has 2 heterocycles. The lowest BCUT2D eigenvalue weighted by Gasteiger charge is -2.36. The second kappa shape index (κ2) is 6.49. The first-order valence-corrected chi connectivity index (χ1v) is 6.92. The van der Waals surface area contributed by atoms with E-state index in [9.17, 15) is 14.9 Å². The molecule has 1 aliphatic heterocycles. The molecule has 1 fully saturated rings. The normalized spacial score (nSPS) is 16.7. The molecule has 0 spiro atoms. The SMILES string of the molecule is CC[C@H](N)C(=O)N1CCN(c2ccc([N+](=O)[O-])nc2)CC1. The van der Waals surface area contributed by atoms with Gasteiger partial charge in [-0.3, -0.25) is 4.79 Å². The van der Waals surface area contributed by atoms with Gasteiger partial charge in [-0.25, -0.2) is 0 Å². The van der Waals surface area contributed by atoms with Gasteiger partial charge in [-0.15, -0.1) is 0 Å². The van der Waals surface area contributed by atoms with Gasteiger partial charge < -0.3 is 25.6 Å². The van der Waals surface area contributed by atoms with Crippen molar-refractivity contribution in [2.45, 2.75) is 19.4 Å². The van der Waals surface area contributed by atoms with E-state index in [-0.39, 0.29) is 11.7 Å². The molecule has 1 amide bonds. The number of carbonyl (C=O) groups is 1. The average molecular weight is 293 g/mol. The van der Waals surface area contributed by atoms with Crippen molar-refractivity contribution < 1.29 is 9.72 Å². The molecule has 1 aromatic heterocycles. The molecule has 0 bridgehead atoms. The smallest absolute Gasteiger partial charge is 0.363 e. The van der Waals surface area contributed by atoms with E-state index >= 15 is 0 Å². The second-order valence-electron chi connectivity index (χ2n) is 4.96. The Morgan fingerprint density at radius 1 is 1.43 bits per heavy atom. The summed E-state index contributed by atoms with van der Waals surface area (Å²) < 4.78 is 0. The molecule has 114 valence electrons. The van der Waals surface area contributed by atoms with Crippen molar-refractivity contribution in [3.63, 3.8) is 0 Å². The summed E-state index contributed by atoms with van der Waals surface area (Å²) in [6.07, 6.45) is 2.12. The van der Waals surface area contributed by atoms with Crippen LogP contribution in [0.4, 0.5) is 11.5 Å². The molecular weight excluding hydrogens is 274 g/mol. The lowest BCUT2D eigenvalue weighted by Crippen LogP contribution is -2.53. The number of nitrogens with two attached hydrogens (primary N) is 1. The molecule has 1 saturated heterocycles. The number of aromatic nitrogens is 1. The zero-order chi connectivity index (χ0) is 15.4. The third kappa shape index (κ3) is 3.46. The Labute approximate surface area is 122 Å². The van der Waals surface area contributed by atoms with Crippen LogP contribution in [0.15, 0.2) is 18.3 Å². The lowest BCUT2D eigenvalue weighted by molar-refractivity contribution is -0.389. The Morgan fingerprint density at radius 3 is 2.57 bits per heavy atom. The Bertz CT molecular complexity index is 511. The fourth-order valence-corrected chi connectivity index (χ4v) is 2.27. The van der Waals surface area contributed by atoms with Gasteiger partial charge in [-0.05, 0) is 22.4 Å². The maximum Gasteiger partial charge on any atom is 0.363 e. The average Bonchev–Trinajstić information content (AvgIpc) is 2.53. The van der Waals surface area contributed by atoms with Gasteiger partial charge in [0.05, 0.1) is 11.7 Å². The lowest BCUT2D eigenvalue weighted by atomic mass is 10.2. The summed E-state index contributed by atoms with van der Waals surface area (Å²) in [5.74, 6) is -0.180. The van der Waals surface area contributed by atoms with Crippen LogP contribution in [-0.2, 0) is 4.79 Å². The van der Waals surface area contributed by atoms with E-state index in [1.807, 2.05) is 6.92 Å². The molecule has 0 aromatic carbocycles. The highest BCUT2D eigenvalue weighted by molar-refractivity contribution is 5.81. The molecule has 1 aliphatic rings. The van der Waals surface area contributed by atoms with Crippen LogP contribution in [0.3, 0.4) is 0 Å². The molecule has 8 nitrogen and oxygen atoms in total. The molecule has 21 heavy (non-hydrogen) atoms. The van der Waals surface area contributed by atoms with Gasteiger partial charge in [0.15, 0.2) is 6.20 Å². The van der Waals surface area contributed by atoms with Gasteiger partial charge in [-0.2, -0.15) is 0 Å². The highest BCUT2D eigenvalue weighted by atomic mass is 16.6. The first-order valence-electron chi connectivity index (χ1n) is 6.92. The number of anilines is 1. The van der Waals surface area contributed by atoms with Crippen LogP contribution in [-0.4, -0.2) is 52.9 Å². The van der Waals surface area contributed by atoms with E-state index in [1.165, 1.54) is 12.3 Å². The largest absolute Gasteiger partial charge is 0.365 e. The number of piperazine rings is 1. The molecule has 2 N–H and O–H groups in total. The molecule has 1 aromatic rings. The van der Waals surface area contributed by atoms with Crippen molar-refractivity contribution in [2.75, 3.05) is 31.1 Å². The van der Waals surface area contributed by atoms with Gasteiger partial charge >= 0.3 is 5.82 Å². The standard InChI is InChI=1S/C13H19N5O3/c1-2-11(14)13(19)17-7-5-16(6-8-17)10-3-4-12(15-9-10)18(20)21/h3-4,9,11H,2,5-8,14H2,1H3/t11-/m0/s1. The van der Waals surface area contributed by atoms with Crippen molar-refractivity contribution >= 4 is 17.4 Å². The maximum absolute atomic E-state index is 12.0. The Hall–Kier alpha value is -2.22. The number of rotatable bonds is 4. The molecule has 0 radical (unpaired) electrons. The van der Waals surface area contributed by atoms with Gasteiger partial charge in [0.25, 0.3) is 0 Å². The van der Waals surface area contributed by atoms with E-state index in [4.69, 9.17) is 5.73 Å². The number of nitrogens with zero attached hydrogens (tertiary/aromatic N) is 4. The summed E-state index contributed by atoms with van der Waals surface area (Å²) >= 11 is 0. The number of hydrogen-bond acceptors (Lipinski definition) is 6. The Kier molecular flexibility index (Phi) is 4.69. The zero-order valence-corrected chi connectivity index (χ0v) is 11.9. The van der Waals surface area contributed by atoms with Crippen LogP contribution < -0.4 is 10.6 Å². The number of amides is 1. The minimum atomic E-state index is -0.521. The molecule has 2 rings (SSSR count). The van der Waals surface area contributed by atoms with Gasteiger partial charge in [0.1, 0.15) is 0 Å². The van der Waals surface area contributed by atoms with Crippen molar-refractivity contribution in [2.24, 2.45) is 5.73 Å². The maximum atomic E-state index is 12.0. The predicted octanol–water partition coefficient (Wildman–Crippen LogP) is 0.376. The van der Waals surface area contributed by atoms with Crippen molar-refractivity contribution in [3.05, 3.63) is 28.4 Å². The fourth-order valence-electron chi connectivity index (χ4n) is 2.27. The quantitative estimate of drug-likeness (QED) is 0.635. The van der Waals surface area contributed by atoms with Crippen LogP contribution in [0.25, 0.3) is 0 Å². The summed E-state index contributed by atoms with van der Waals surface area (Å²) in [7, 11) is 0. The third-order valence-electron chi connectivity index (χ3n) is 3.63. The Morgan fingerprint density at radius 2 is 2.10 bits per heavy atom. The molecule has 0 unspecified atom stereocenters. The third-order valence-corrected chi connectivity index (χ3v) is 3.63. The highest BCUT2D eigenvalue weighted by Crippen LogP contribution is 2.18. The monoisotopic (exact) mass is 293 g/mol. The van der Waals surface area contributed by atoms with Crippen molar-refractivity contribution in [1.29, 1.82) is 0 Å². The molecule has 1 atom stereocenters. The predicted molar refractivity (Wildman–Crippen MR) is 78.0 cm³/mol. The van der Waals surface area contributed by atoms with Gasteiger partial charge in [0.2, 0.25) is 5.91 Å². The van der Waals surface area contributed by atoms with E-state index < -0.39 is 11.0 Å². The van der Waals surface area contributed by atoms with E-state index in [2.05, 4.69) is 9.88 Å². The first-order chi connectivity index (χ1) is 10.0. The van der Waals surface area contributed by atoms with Gasteiger partial charge in [-0.1, -0.05) is 6.92 Å². The second-order valence-corrected chi connectivity index (χ2v) is 4.96. The van der Waals surface area contributed by atoms with E-state index in [0.717, 1.165) is 5.69 Å². The molecule has 0 saturated carbocycles. The van der Waals surface area contributed by atoms with Crippen LogP contribution in [0.2, 0.25) is 0 Å². The summed E-state index contributed by atoms with van der Waals surface area (Å²) in [5, 5.41) is 10.6. The van der Waals surface area contributed by atoms with Gasteiger partial charge in [0, 0.05) is 32.2 Å². The van der Waals surface area contributed by atoms with Crippen LogP contribution in [0.5, 0.6) is 0 Å². The van der Waals surface area contributed by atoms with Crippen molar-refractivity contribution in [1.82, 2.24) is 9.88 Å². The summed E-state index contributed by atoms with van der Waals surface area (Å²) in [6.45, 7) is 4.43. The van der Waals surface area contributed by atoms with Crippen LogP contribution in [0.1, 0.15) is 13.3 Å². The Balaban J connectivity index is 1.94. The minimum Gasteiger partial charge on any atom is -0.365 e. The first kappa shape index (κ1) is 15.2. The zero-order valence-electron chi connectivity index (χ0n) is 11.9. The summed E-state index contributed by atoms with van der Waals surface area (Å²) in [5.41, 5.74) is 6.59. The number of hydrogen-bond donors (Lipinski definition) is 1. The number of nitro groups is 1. The van der Waals surface area contributed by atoms with Crippen LogP contribution >= 0.6 is 0 Å². The van der Waals surface area contributed by atoms with Crippen LogP contribution in [0, 0.1) is 10.1 Å². The summed E-state index contributed by atoms with van der Waals surface area (Å²) in [6, 6.07) is 2.64. The molecule has 0 aliphatic carbocycles. The minimum absolute atomic E-state index is 0.0148. The van der Waals surface area contributed by atoms with E-state index in [0.29, 0.717) is 32.6 Å². The molecular formula is C13H19N5O3. The van der Waals surface area contributed by atoms with E-state index in [1.54, 1.807) is 11.0 Å². The topological polar surface area (TPSA) is 106 Å². The summed E-state index contributed by atoms with van der Waals surface area (Å²) in [4.78, 5) is 29.7.